The third-order valence-corrected chi connectivity index (χ3v) is 2.26. The summed E-state index contributed by atoms with van der Waals surface area (Å²) in [6.45, 7) is 1.19. The molecule has 0 heterocycles. The van der Waals surface area contributed by atoms with Crippen LogP contribution < -0.4 is 0 Å². The van der Waals surface area contributed by atoms with Crippen LogP contribution >= 0.6 is 0 Å². The minimum atomic E-state index is -0.515. The molecule has 1 aromatic carbocycles. The summed E-state index contributed by atoms with van der Waals surface area (Å²) in [5.41, 5.74) is 1.29. The number of methoxy groups -OCH3 is 1. The van der Waals surface area contributed by atoms with Crippen LogP contribution in [0.2, 0.25) is 0 Å². The minimum Gasteiger partial charge on any atom is -0.466 e. The van der Waals surface area contributed by atoms with Gasteiger partial charge in [0, 0.05) is 6.92 Å². The van der Waals surface area contributed by atoms with Crippen molar-refractivity contribution >= 4 is 18.0 Å². The molecule has 0 aliphatic rings. The minimum absolute atomic E-state index is 0.0961. The van der Waals surface area contributed by atoms with Gasteiger partial charge in [0.15, 0.2) is 0 Å². The summed E-state index contributed by atoms with van der Waals surface area (Å²) in [5.74, 6) is -0.958. The fourth-order valence-corrected chi connectivity index (χ4v) is 1.33. The number of hydrogen-bond acceptors (Lipinski definition) is 4. The number of benzene rings is 1. The normalized spacial score (nSPS) is 11.4. The first kappa shape index (κ1) is 14.7. The quantitative estimate of drug-likeness (QED) is 0.463. The summed E-state index contributed by atoms with van der Waals surface area (Å²) in [5, 5.41) is 0. The number of allylic oxidation sites excluding steroid dienone is 2. The van der Waals surface area contributed by atoms with E-state index in [9.17, 15) is 9.59 Å². The molecule has 4 nitrogen and oxygen atoms in total. The Hall–Kier alpha value is -2.36. The summed E-state index contributed by atoms with van der Waals surface area (Å²) in [6.07, 6.45) is 5.13. The number of carbonyl (C=O) groups is 2. The first-order chi connectivity index (χ1) is 9.13. The lowest BCUT2D eigenvalue weighted by molar-refractivity contribution is -0.142. The number of esters is 2. The average molecular weight is 260 g/mol. The number of hydrogen-bond donors (Lipinski definition) is 0. The van der Waals surface area contributed by atoms with Crippen LogP contribution in [0, 0.1) is 0 Å². The van der Waals surface area contributed by atoms with Gasteiger partial charge in [-0.15, -0.1) is 0 Å². The second-order valence-corrected chi connectivity index (χ2v) is 3.73. The van der Waals surface area contributed by atoms with E-state index in [4.69, 9.17) is 4.74 Å². The van der Waals surface area contributed by atoms with Crippen molar-refractivity contribution in [2.24, 2.45) is 0 Å². The lowest BCUT2D eigenvalue weighted by Gasteiger charge is -2.04. The van der Waals surface area contributed by atoms with Crippen molar-refractivity contribution < 1.29 is 19.1 Å². The lowest BCUT2D eigenvalue weighted by atomic mass is 10.2. The Kier molecular flexibility index (Phi) is 6.09. The summed E-state index contributed by atoms with van der Waals surface area (Å²) in [7, 11) is 1.28. The molecule has 0 spiro atoms. The molecule has 0 amide bonds. The van der Waals surface area contributed by atoms with Crippen LogP contribution in [-0.4, -0.2) is 25.7 Å². The van der Waals surface area contributed by atoms with E-state index in [0.29, 0.717) is 0 Å². The third-order valence-electron chi connectivity index (χ3n) is 2.26. The average Bonchev–Trinajstić information content (AvgIpc) is 2.42. The van der Waals surface area contributed by atoms with E-state index < -0.39 is 11.9 Å². The maximum Gasteiger partial charge on any atom is 0.337 e. The topological polar surface area (TPSA) is 52.6 Å². The zero-order chi connectivity index (χ0) is 14.1. The maximum absolute atomic E-state index is 11.5. The van der Waals surface area contributed by atoms with Crippen molar-refractivity contribution in [3.05, 3.63) is 53.6 Å². The molecule has 0 bridgehead atoms. The largest absolute Gasteiger partial charge is 0.466 e. The van der Waals surface area contributed by atoms with Crippen molar-refractivity contribution in [2.45, 2.75) is 6.92 Å². The van der Waals surface area contributed by atoms with E-state index in [2.05, 4.69) is 4.74 Å². The van der Waals surface area contributed by atoms with E-state index in [1.807, 2.05) is 36.4 Å². The molecule has 0 N–H and O–H groups in total. The standard InChI is InChI=1S/C15H16O4/c1-12(16)19-11-14(15(17)18-2)10-6-9-13-7-4-3-5-8-13/h3-10H,11H2,1-2H3/b9-6+,14-10+. The van der Waals surface area contributed by atoms with E-state index in [1.54, 1.807) is 12.2 Å². The molecule has 0 atom stereocenters. The highest BCUT2D eigenvalue weighted by atomic mass is 16.5. The highest BCUT2D eigenvalue weighted by Gasteiger charge is 2.09. The van der Waals surface area contributed by atoms with Gasteiger partial charge in [0.2, 0.25) is 0 Å². The predicted octanol–water partition coefficient (Wildman–Crippen LogP) is 2.36. The van der Waals surface area contributed by atoms with Crippen molar-refractivity contribution in [1.29, 1.82) is 0 Å². The lowest BCUT2D eigenvalue weighted by Crippen LogP contribution is -2.12. The summed E-state index contributed by atoms with van der Waals surface area (Å²) >= 11 is 0. The highest BCUT2D eigenvalue weighted by molar-refractivity contribution is 5.89. The third kappa shape index (κ3) is 5.68. The molecule has 0 fully saturated rings. The van der Waals surface area contributed by atoms with Gasteiger partial charge in [0.1, 0.15) is 6.61 Å². The van der Waals surface area contributed by atoms with Crippen LogP contribution in [0.1, 0.15) is 12.5 Å². The molecule has 0 aliphatic heterocycles. The van der Waals surface area contributed by atoms with Gasteiger partial charge in [-0.1, -0.05) is 42.5 Å². The highest BCUT2D eigenvalue weighted by Crippen LogP contribution is 2.04. The molecule has 0 aliphatic carbocycles. The summed E-state index contributed by atoms with van der Waals surface area (Å²) in [4.78, 5) is 22.2. The van der Waals surface area contributed by atoms with E-state index in [1.165, 1.54) is 14.0 Å². The van der Waals surface area contributed by atoms with Crippen molar-refractivity contribution in [3.63, 3.8) is 0 Å². The van der Waals surface area contributed by atoms with Crippen LogP contribution in [0.4, 0.5) is 0 Å². The monoisotopic (exact) mass is 260 g/mol. The Bertz CT molecular complexity index is 486. The van der Waals surface area contributed by atoms with Gasteiger partial charge in [-0.25, -0.2) is 4.79 Å². The van der Waals surface area contributed by atoms with Gasteiger partial charge in [-0.05, 0) is 11.6 Å². The second-order valence-electron chi connectivity index (χ2n) is 3.73. The van der Waals surface area contributed by atoms with Crippen LogP contribution in [0.5, 0.6) is 0 Å². The van der Waals surface area contributed by atoms with Gasteiger partial charge in [-0.2, -0.15) is 0 Å². The van der Waals surface area contributed by atoms with Gasteiger partial charge in [-0.3, -0.25) is 4.79 Å². The van der Waals surface area contributed by atoms with Crippen LogP contribution in [0.15, 0.2) is 48.1 Å². The maximum atomic E-state index is 11.5. The van der Waals surface area contributed by atoms with Crippen molar-refractivity contribution in [3.8, 4) is 0 Å². The van der Waals surface area contributed by atoms with Crippen molar-refractivity contribution in [1.82, 2.24) is 0 Å². The van der Waals surface area contributed by atoms with Crippen LogP contribution in [0.3, 0.4) is 0 Å². The van der Waals surface area contributed by atoms with Gasteiger partial charge in [0.25, 0.3) is 0 Å². The van der Waals surface area contributed by atoms with Crippen molar-refractivity contribution in [2.75, 3.05) is 13.7 Å². The zero-order valence-electron chi connectivity index (χ0n) is 11.0. The molecular formula is C15H16O4. The molecule has 0 unspecified atom stereocenters. The number of carbonyl (C=O) groups excluding carboxylic acids is 2. The first-order valence-corrected chi connectivity index (χ1v) is 5.77. The van der Waals surface area contributed by atoms with Gasteiger partial charge >= 0.3 is 11.9 Å². The first-order valence-electron chi connectivity index (χ1n) is 5.77. The van der Waals surface area contributed by atoms with Gasteiger partial charge in [0.05, 0.1) is 12.7 Å². The Morgan fingerprint density at radius 2 is 1.89 bits per heavy atom. The smallest absolute Gasteiger partial charge is 0.337 e. The summed E-state index contributed by atoms with van der Waals surface area (Å²) in [6, 6.07) is 9.64. The Morgan fingerprint density at radius 3 is 2.47 bits per heavy atom. The Labute approximate surface area is 112 Å². The molecule has 0 radical (unpaired) electrons. The van der Waals surface area contributed by atoms with Gasteiger partial charge < -0.3 is 9.47 Å². The molecule has 0 saturated carbocycles. The van der Waals surface area contributed by atoms with Crippen LogP contribution in [-0.2, 0) is 19.1 Å². The van der Waals surface area contributed by atoms with E-state index in [-0.39, 0.29) is 12.2 Å². The SMILES string of the molecule is COC(=O)/C(=C/C=C/c1ccccc1)COC(C)=O. The second kappa shape index (κ2) is 7.87. The Balaban J connectivity index is 2.74. The summed E-state index contributed by atoms with van der Waals surface area (Å²) < 4.78 is 9.40. The molecule has 1 rings (SSSR count). The van der Waals surface area contributed by atoms with Crippen LogP contribution in [0.25, 0.3) is 6.08 Å². The fraction of sp³-hybridized carbons (Fsp3) is 0.200. The predicted molar refractivity (Wildman–Crippen MR) is 72.2 cm³/mol. The molecule has 4 heteroatoms. The number of rotatable bonds is 5. The molecule has 0 saturated heterocycles. The molecular weight excluding hydrogens is 244 g/mol. The Morgan fingerprint density at radius 1 is 1.21 bits per heavy atom. The molecule has 19 heavy (non-hydrogen) atoms. The molecule has 100 valence electrons. The zero-order valence-corrected chi connectivity index (χ0v) is 11.0. The number of ether oxygens (including phenoxy) is 2. The van der Waals surface area contributed by atoms with E-state index in [0.717, 1.165) is 5.56 Å². The van der Waals surface area contributed by atoms with E-state index >= 15 is 0 Å². The fourth-order valence-electron chi connectivity index (χ4n) is 1.33. The molecule has 0 aromatic heterocycles. The molecule has 1 aromatic rings.